The number of nitrogens with one attached hydrogen (secondary N) is 3. The van der Waals surface area contributed by atoms with Crippen LogP contribution in [0.3, 0.4) is 0 Å². The van der Waals surface area contributed by atoms with Gasteiger partial charge in [-0.3, -0.25) is 9.89 Å². The second kappa shape index (κ2) is 7.04. The van der Waals surface area contributed by atoms with Crippen LogP contribution in [0.1, 0.15) is 21.5 Å². The number of amides is 1. The summed E-state index contributed by atoms with van der Waals surface area (Å²) in [6.07, 6.45) is 1.67. The Morgan fingerprint density at radius 1 is 1.12 bits per heavy atom. The van der Waals surface area contributed by atoms with Crippen molar-refractivity contribution in [3.05, 3.63) is 65.4 Å². The molecule has 0 saturated carbocycles. The molecule has 0 atom stereocenters. The molecule has 1 heterocycles. The molecule has 3 aromatic rings. The molecule has 1 amide bonds. The molecule has 3 rings (SSSR count). The second-order valence-corrected chi connectivity index (χ2v) is 7.53. The van der Waals surface area contributed by atoms with Crippen molar-refractivity contribution in [2.45, 2.75) is 12.3 Å². The van der Waals surface area contributed by atoms with E-state index in [1.807, 2.05) is 12.1 Å². The lowest BCUT2D eigenvalue weighted by Gasteiger charge is -2.08. The maximum absolute atomic E-state index is 12.4. The van der Waals surface area contributed by atoms with Gasteiger partial charge >= 0.3 is 0 Å². The van der Waals surface area contributed by atoms with E-state index in [1.54, 1.807) is 36.5 Å². The number of hydrogen-bond acceptors (Lipinski definition) is 4. The van der Waals surface area contributed by atoms with E-state index < -0.39 is 10.0 Å². The molecule has 0 aliphatic heterocycles. The highest BCUT2D eigenvalue weighted by atomic mass is 32.2. The van der Waals surface area contributed by atoms with Gasteiger partial charge in [0.05, 0.1) is 23.0 Å². The lowest BCUT2D eigenvalue weighted by molar-refractivity contribution is 0.0952. The van der Waals surface area contributed by atoms with Crippen LogP contribution in [0.2, 0.25) is 0 Å². The normalized spacial score (nSPS) is 11.6. The highest BCUT2D eigenvalue weighted by Gasteiger charge is 2.11. The van der Waals surface area contributed by atoms with Gasteiger partial charge in [-0.15, -0.1) is 0 Å². The van der Waals surface area contributed by atoms with Gasteiger partial charge in [-0.2, -0.15) is 5.10 Å². The molecule has 1 aromatic heterocycles. The number of H-pyrrole nitrogens is 1. The summed E-state index contributed by atoms with van der Waals surface area (Å²) >= 11 is 0. The van der Waals surface area contributed by atoms with E-state index >= 15 is 0 Å². The largest absolute Gasteiger partial charge is 0.348 e. The quantitative estimate of drug-likeness (QED) is 0.622. The van der Waals surface area contributed by atoms with Crippen LogP contribution in [-0.4, -0.2) is 31.6 Å². The van der Waals surface area contributed by atoms with Gasteiger partial charge < -0.3 is 5.32 Å². The van der Waals surface area contributed by atoms with Crippen LogP contribution in [0.25, 0.3) is 10.9 Å². The molecule has 0 aliphatic carbocycles. The first-order valence-electron chi connectivity index (χ1n) is 7.68. The van der Waals surface area contributed by atoms with Crippen LogP contribution in [-0.2, 0) is 22.3 Å². The lowest BCUT2D eigenvalue weighted by Crippen LogP contribution is -2.23. The summed E-state index contributed by atoms with van der Waals surface area (Å²) in [6.45, 7) is 0.350. The van der Waals surface area contributed by atoms with Gasteiger partial charge in [-0.1, -0.05) is 36.4 Å². The fourth-order valence-electron chi connectivity index (χ4n) is 2.48. The number of carbonyl (C=O) groups excluding carboxylic acids is 1. The molecule has 0 fully saturated rings. The van der Waals surface area contributed by atoms with Crippen LogP contribution in [0.15, 0.2) is 48.7 Å². The molecule has 2 aromatic carbocycles. The Morgan fingerprint density at radius 2 is 1.84 bits per heavy atom. The summed E-state index contributed by atoms with van der Waals surface area (Å²) in [5.41, 5.74) is 2.81. The third-order valence-corrected chi connectivity index (χ3v) is 5.20. The molecule has 0 saturated heterocycles. The van der Waals surface area contributed by atoms with E-state index in [4.69, 9.17) is 0 Å². The summed E-state index contributed by atoms with van der Waals surface area (Å²) < 4.78 is 25.4. The molecule has 0 bridgehead atoms. The van der Waals surface area contributed by atoms with Crippen molar-refractivity contribution < 1.29 is 13.2 Å². The third-order valence-electron chi connectivity index (χ3n) is 3.87. The molecule has 0 aliphatic rings. The Hall–Kier alpha value is -2.71. The Balaban J connectivity index is 1.65. The zero-order chi connectivity index (χ0) is 17.9. The van der Waals surface area contributed by atoms with Gasteiger partial charge in [0.25, 0.3) is 5.91 Å². The highest BCUT2D eigenvalue weighted by Crippen LogP contribution is 2.15. The number of fused-ring (bicyclic) bond motifs is 1. The highest BCUT2D eigenvalue weighted by molar-refractivity contribution is 7.88. The Bertz CT molecular complexity index is 994. The fraction of sp³-hybridized carbons (Fsp3) is 0.176. The van der Waals surface area contributed by atoms with Crippen molar-refractivity contribution >= 4 is 26.8 Å². The number of sulfonamides is 1. The van der Waals surface area contributed by atoms with Crippen molar-refractivity contribution in [2.75, 3.05) is 7.05 Å². The zero-order valence-corrected chi connectivity index (χ0v) is 14.4. The van der Waals surface area contributed by atoms with Crippen LogP contribution in [0.5, 0.6) is 0 Å². The number of benzene rings is 2. The van der Waals surface area contributed by atoms with Crippen LogP contribution in [0, 0.1) is 0 Å². The monoisotopic (exact) mass is 358 g/mol. The van der Waals surface area contributed by atoms with Gasteiger partial charge in [0.2, 0.25) is 10.0 Å². The van der Waals surface area contributed by atoms with E-state index in [0.717, 1.165) is 10.9 Å². The first-order chi connectivity index (χ1) is 12.0. The molecule has 0 radical (unpaired) electrons. The van der Waals surface area contributed by atoms with E-state index in [1.165, 1.54) is 7.05 Å². The van der Waals surface area contributed by atoms with Gasteiger partial charge in [-0.25, -0.2) is 13.1 Å². The SMILES string of the molecule is CNS(=O)(=O)Cc1ccc(CNC(=O)c2cccc3cn[nH]c23)cc1. The fourth-order valence-corrected chi connectivity index (χ4v) is 3.26. The Kier molecular flexibility index (Phi) is 4.82. The van der Waals surface area contributed by atoms with Crippen molar-refractivity contribution in [3.8, 4) is 0 Å². The number of rotatable bonds is 6. The minimum atomic E-state index is -3.29. The Morgan fingerprint density at radius 3 is 2.56 bits per heavy atom. The van der Waals surface area contributed by atoms with Crippen molar-refractivity contribution in [1.29, 1.82) is 0 Å². The number of hydrogen-bond donors (Lipinski definition) is 3. The third kappa shape index (κ3) is 4.04. The zero-order valence-electron chi connectivity index (χ0n) is 13.6. The lowest BCUT2D eigenvalue weighted by atomic mass is 10.1. The number of para-hydroxylation sites is 1. The smallest absolute Gasteiger partial charge is 0.253 e. The Labute approximate surface area is 145 Å². The maximum atomic E-state index is 12.4. The van der Waals surface area contributed by atoms with Gasteiger partial charge in [0.1, 0.15) is 0 Å². The molecule has 0 unspecified atom stereocenters. The van der Waals surface area contributed by atoms with Gasteiger partial charge in [0, 0.05) is 11.9 Å². The minimum absolute atomic E-state index is 0.0715. The van der Waals surface area contributed by atoms with E-state index in [9.17, 15) is 13.2 Å². The van der Waals surface area contributed by atoms with Gasteiger partial charge in [0.15, 0.2) is 0 Å². The summed E-state index contributed by atoms with van der Waals surface area (Å²) in [5.74, 6) is -0.269. The molecule has 0 spiro atoms. The average Bonchev–Trinajstić information content (AvgIpc) is 3.09. The van der Waals surface area contributed by atoms with Crippen LogP contribution >= 0.6 is 0 Å². The molecule has 8 heteroatoms. The molecular formula is C17H18N4O3S. The number of aromatic amines is 1. The van der Waals surface area contributed by atoms with E-state index in [-0.39, 0.29) is 11.7 Å². The summed E-state index contributed by atoms with van der Waals surface area (Å²) in [4.78, 5) is 12.4. The van der Waals surface area contributed by atoms with E-state index in [0.29, 0.717) is 23.2 Å². The summed E-state index contributed by atoms with van der Waals surface area (Å²) in [7, 11) is -1.90. The van der Waals surface area contributed by atoms with Gasteiger partial charge in [-0.05, 0) is 24.2 Å². The summed E-state index contributed by atoms with van der Waals surface area (Å²) in [5, 5.41) is 10.5. The molecule has 7 nitrogen and oxygen atoms in total. The van der Waals surface area contributed by atoms with Crippen LogP contribution < -0.4 is 10.0 Å². The standard InChI is InChI=1S/C17H18N4O3S/c1-18-25(23,24)11-13-7-5-12(6-8-13)9-19-17(22)15-4-2-3-14-10-20-21-16(14)15/h2-8,10,18H,9,11H2,1H3,(H,19,22)(H,20,21). The van der Waals surface area contributed by atoms with E-state index in [2.05, 4.69) is 20.2 Å². The predicted octanol–water partition coefficient (Wildman–Crippen LogP) is 1.54. The molecule has 25 heavy (non-hydrogen) atoms. The number of carbonyl (C=O) groups is 1. The average molecular weight is 358 g/mol. The first-order valence-corrected chi connectivity index (χ1v) is 9.33. The van der Waals surface area contributed by atoms with Crippen molar-refractivity contribution in [2.24, 2.45) is 0 Å². The van der Waals surface area contributed by atoms with Crippen LogP contribution in [0.4, 0.5) is 0 Å². The first kappa shape index (κ1) is 17.1. The predicted molar refractivity (Wildman–Crippen MR) is 95.4 cm³/mol. The molecular weight excluding hydrogens is 340 g/mol. The van der Waals surface area contributed by atoms with Crippen molar-refractivity contribution in [1.82, 2.24) is 20.2 Å². The number of nitrogens with zero attached hydrogens (tertiary/aromatic N) is 1. The minimum Gasteiger partial charge on any atom is -0.348 e. The topological polar surface area (TPSA) is 104 Å². The maximum Gasteiger partial charge on any atom is 0.253 e. The summed E-state index contributed by atoms with van der Waals surface area (Å²) in [6, 6.07) is 12.5. The second-order valence-electron chi connectivity index (χ2n) is 5.60. The number of aromatic nitrogens is 2. The molecule has 3 N–H and O–H groups in total. The van der Waals surface area contributed by atoms with Crippen molar-refractivity contribution in [3.63, 3.8) is 0 Å². The molecule has 130 valence electrons.